The molecule has 0 saturated heterocycles. The summed E-state index contributed by atoms with van der Waals surface area (Å²) in [5.74, 6) is 0.850. The number of carbonyl (C=O) groups excluding carboxylic acids is 1. The van der Waals surface area contributed by atoms with Gasteiger partial charge in [-0.3, -0.25) is 19.2 Å². The Morgan fingerprint density at radius 3 is 2.72 bits per heavy atom. The molecule has 4 aromatic rings. The first-order chi connectivity index (χ1) is 15.5. The van der Waals surface area contributed by atoms with E-state index in [0.29, 0.717) is 16.5 Å². The van der Waals surface area contributed by atoms with Gasteiger partial charge in [-0.25, -0.2) is 5.10 Å². The van der Waals surface area contributed by atoms with Crippen LogP contribution in [0.1, 0.15) is 24.1 Å². The molecular weight excluding hydrogens is 404 g/mol. The number of nitrogens with one attached hydrogen (secondary N) is 1. The monoisotopic (exact) mass is 426 g/mol. The Morgan fingerprint density at radius 2 is 1.94 bits per heavy atom. The van der Waals surface area contributed by atoms with E-state index >= 15 is 0 Å². The summed E-state index contributed by atoms with van der Waals surface area (Å²) in [5, 5.41) is 12.3. The molecule has 0 atom stereocenters. The van der Waals surface area contributed by atoms with E-state index in [1.165, 1.54) is 5.56 Å². The van der Waals surface area contributed by atoms with Crippen molar-refractivity contribution in [3.8, 4) is 11.1 Å². The van der Waals surface area contributed by atoms with Crippen LogP contribution in [0.15, 0.2) is 53.5 Å². The maximum atomic E-state index is 13.7. The number of aromatic nitrogens is 4. The Bertz CT molecular complexity index is 1460. The highest BCUT2D eigenvalue weighted by atomic mass is 16.2. The SMILES string of the molecule is Cn1ncc(-c2ccc3c(=O)[nH]nc(CN)c3c2)c1N1C(=O)C2(CC2)Cc2ccccc21. The number of hydrogen-bond donors (Lipinski definition) is 2. The lowest BCUT2D eigenvalue weighted by Gasteiger charge is -2.34. The van der Waals surface area contributed by atoms with E-state index in [9.17, 15) is 9.59 Å². The van der Waals surface area contributed by atoms with Gasteiger partial charge in [0, 0.05) is 24.5 Å². The van der Waals surface area contributed by atoms with Crippen molar-refractivity contribution in [3.05, 3.63) is 70.3 Å². The van der Waals surface area contributed by atoms with Gasteiger partial charge in [-0.05, 0) is 48.6 Å². The van der Waals surface area contributed by atoms with Crippen molar-refractivity contribution in [3.63, 3.8) is 0 Å². The van der Waals surface area contributed by atoms with Crippen molar-refractivity contribution in [2.45, 2.75) is 25.8 Å². The predicted octanol–water partition coefficient (Wildman–Crippen LogP) is 2.78. The molecule has 0 unspecified atom stereocenters. The molecular formula is C24H22N6O2. The highest BCUT2D eigenvalue weighted by Crippen LogP contribution is 2.56. The molecule has 160 valence electrons. The third kappa shape index (κ3) is 2.59. The Labute approximate surface area is 183 Å². The second kappa shape index (κ2) is 6.61. The number of amides is 1. The number of aromatic amines is 1. The normalized spacial score (nSPS) is 16.6. The molecule has 8 nitrogen and oxygen atoms in total. The van der Waals surface area contributed by atoms with Gasteiger partial charge < -0.3 is 5.73 Å². The molecule has 2 aromatic heterocycles. The summed E-state index contributed by atoms with van der Waals surface area (Å²) in [7, 11) is 1.85. The van der Waals surface area contributed by atoms with Crippen LogP contribution in [0, 0.1) is 5.41 Å². The number of aryl methyl sites for hydroxylation is 1. The van der Waals surface area contributed by atoms with E-state index < -0.39 is 0 Å². The number of nitrogens with zero attached hydrogens (tertiary/aromatic N) is 4. The zero-order chi connectivity index (χ0) is 22.0. The summed E-state index contributed by atoms with van der Waals surface area (Å²) < 4.78 is 1.75. The van der Waals surface area contributed by atoms with Crippen LogP contribution in [0.25, 0.3) is 21.9 Å². The number of fused-ring (bicyclic) bond motifs is 2. The van der Waals surface area contributed by atoms with E-state index in [1.54, 1.807) is 16.9 Å². The molecule has 1 amide bonds. The Hall–Kier alpha value is -3.78. The molecule has 1 fully saturated rings. The van der Waals surface area contributed by atoms with Crippen LogP contribution in [-0.4, -0.2) is 25.9 Å². The fourth-order valence-corrected chi connectivity index (χ4v) is 4.86. The molecule has 3 heterocycles. The molecule has 1 aliphatic heterocycles. The minimum Gasteiger partial charge on any atom is -0.325 e. The molecule has 6 rings (SSSR count). The van der Waals surface area contributed by atoms with Crippen LogP contribution in [0.5, 0.6) is 0 Å². The molecule has 0 bridgehead atoms. The van der Waals surface area contributed by atoms with Gasteiger partial charge in [-0.2, -0.15) is 10.2 Å². The highest BCUT2D eigenvalue weighted by molar-refractivity contribution is 6.09. The standard InChI is InChI=1S/C24H22N6O2/c1-29-22(30-20-5-3-2-4-15(20)11-24(8-9-24)23(30)32)18(13-26-29)14-6-7-16-17(10-14)19(12-25)27-28-21(16)31/h2-7,10,13H,8-9,11-12,25H2,1H3,(H,28,31). The fraction of sp³-hybridized carbons (Fsp3) is 0.250. The molecule has 2 aliphatic rings. The van der Waals surface area contributed by atoms with E-state index in [1.807, 2.05) is 42.3 Å². The molecule has 2 aromatic carbocycles. The van der Waals surface area contributed by atoms with Crippen LogP contribution in [0.2, 0.25) is 0 Å². The second-order valence-electron chi connectivity index (χ2n) is 8.70. The van der Waals surface area contributed by atoms with Gasteiger partial charge in [0.25, 0.3) is 5.56 Å². The average Bonchev–Trinajstić information content (AvgIpc) is 3.48. The minimum atomic E-state index is -0.302. The van der Waals surface area contributed by atoms with Gasteiger partial charge in [0.1, 0.15) is 5.82 Å². The Balaban J connectivity index is 1.57. The Kier molecular flexibility index (Phi) is 3.91. The quantitative estimate of drug-likeness (QED) is 0.523. The fourth-order valence-electron chi connectivity index (χ4n) is 4.86. The number of nitrogens with two attached hydrogens (primary N) is 1. The lowest BCUT2D eigenvalue weighted by molar-refractivity contribution is -0.123. The zero-order valence-electron chi connectivity index (χ0n) is 17.6. The lowest BCUT2D eigenvalue weighted by atomic mass is 9.88. The lowest BCUT2D eigenvalue weighted by Crippen LogP contribution is -2.40. The highest BCUT2D eigenvalue weighted by Gasteiger charge is 2.55. The second-order valence-corrected chi connectivity index (χ2v) is 8.70. The van der Waals surface area contributed by atoms with Gasteiger partial charge in [-0.15, -0.1) is 0 Å². The topological polar surface area (TPSA) is 110 Å². The molecule has 0 radical (unpaired) electrons. The van der Waals surface area contributed by atoms with Crippen molar-refractivity contribution in [1.82, 2.24) is 20.0 Å². The van der Waals surface area contributed by atoms with E-state index in [4.69, 9.17) is 5.73 Å². The maximum Gasteiger partial charge on any atom is 0.272 e. The summed E-state index contributed by atoms with van der Waals surface area (Å²) in [6.07, 6.45) is 4.38. The molecule has 1 spiro atoms. The number of rotatable bonds is 3. The first-order valence-electron chi connectivity index (χ1n) is 10.7. The van der Waals surface area contributed by atoms with Gasteiger partial charge in [0.2, 0.25) is 5.91 Å². The number of H-pyrrole nitrogens is 1. The first kappa shape index (κ1) is 18.9. The minimum absolute atomic E-state index is 0.127. The average molecular weight is 426 g/mol. The van der Waals surface area contributed by atoms with Crippen LogP contribution >= 0.6 is 0 Å². The van der Waals surface area contributed by atoms with Gasteiger partial charge in [-0.1, -0.05) is 24.3 Å². The number of anilines is 2. The molecule has 3 N–H and O–H groups in total. The van der Waals surface area contributed by atoms with Gasteiger partial charge in [0.05, 0.1) is 28.4 Å². The molecule has 32 heavy (non-hydrogen) atoms. The number of hydrogen-bond acceptors (Lipinski definition) is 5. The molecule has 1 saturated carbocycles. The van der Waals surface area contributed by atoms with Crippen LogP contribution < -0.4 is 16.2 Å². The number of para-hydroxylation sites is 1. The molecule has 1 aliphatic carbocycles. The van der Waals surface area contributed by atoms with Crippen LogP contribution in [0.3, 0.4) is 0 Å². The smallest absolute Gasteiger partial charge is 0.272 e. The maximum absolute atomic E-state index is 13.7. The third-order valence-electron chi connectivity index (χ3n) is 6.76. The van der Waals surface area contributed by atoms with Crippen molar-refractivity contribution in [2.75, 3.05) is 4.90 Å². The summed E-state index contributed by atoms with van der Waals surface area (Å²) in [5.41, 5.74) is 9.66. The summed E-state index contributed by atoms with van der Waals surface area (Å²) in [4.78, 5) is 27.8. The van der Waals surface area contributed by atoms with Gasteiger partial charge in [0.15, 0.2) is 0 Å². The predicted molar refractivity (Wildman–Crippen MR) is 121 cm³/mol. The number of benzene rings is 2. The van der Waals surface area contributed by atoms with Crippen molar-refractivity contribution in [1.29, 1.82) is 0 Å². The summed E-state index contributed by atoms with van der Waals surface area (Å²) >= 11 is 0. The van der Waals surface area contributed by atoms with E-state index in [0.717, 1.165) is 41.9 Å². The van der Waals surface area contributed by atoms with Crippen LogP contribution in [-0.2, 0) is 24.8 Å². The number of carbonyl (C=O) groups is 1. The van der Waals surface area contributed by atoms with E-state index in [2.05, 4.69) is 21.4 Å². The van der Waals surface area contributed by atoms with Gasteiger partial charge >= 0.3 is 0 Å². The van der Waals surface area contributed by atoms with Crippen molar-refractivity contribution < 1.29 is 4.79 Å². The molecule has 8 heteroatoms. The van der Waals surface area contributed by atoms with Crippen molar-refractivity contribution >= 4 is 28.2 Å². The summed E-state index contributed by atoms with van der Waals surface area (Å²) in [6, 6.07) is 13.6. The zero-order valence-corrected chi connectivity index (χ0v) is 17.6. The Morgan fingerprint density at radius 1 is 1.12 bits per heavy atom. The van der Waals surface area contributed by atoms with E-state index in [-0.39, 0.29) is 23.4 Å². The third-order valence-corrected chi connectivity index (χ3v) is 6.76. The summed E-state index contributed by atoms with van der Waals surface area (Å²) in [6.45, 7) is 0.205. The van der Waals surface area contributed by atoms with Crippen LogP contribution in [0.4, 0.5) is 11.5 Å². The first-order valence-corrected chi connectivity index (χ1v) is 10.7. The largest absolute Gasteiger partial charge is 0.325 e. The van der Waals surface area contributed by atoms with Crippen molar-refractivity contribution in [2.24, 2.45) is 18.2 Å².